The number of carbonyl (C=O) groups is 1. The van der Waals surface area contributed by atoms with Crippen molar-refractivity contribution in [1.82, 2.24) is 19.7 Å². The van der Waals surface area contributed by atoms with Crippen molar-refractivity contribution < 1.29 is 4.79 Å². The van der Waals surface area contributed by atoms with E-state index in [1.54, 1.807) is 0 Å². The fourth-order valence-electron chi connectivity index (χ4n) is 2.88. The molecule has 0 aliphatic carbocycles. The van der Waals surface area contributed by atoms with Crippen molar-refractivity contribution in [2.45, 2.75) is 37.9 Å². The fraction of sp³-hybridized carbons (Fsp3) is 0.471. The van der Waals surface area contributed by atoms with E-state index in [1.807, 2.05) is 40.7 Å². The monoisotopic (exact) mass is 364 g/mol. The Morgan fingerprint density at radius 1 is 1.25 bits per heavy atom. The largest absolute Gasteiger partial charge is 0.342 e. The van der Waals surface area contributed by atoms with Crippen LogP contribution in [-0.4, -0.2) is 44.4 Å². The second-order valence-corrected chi connectivity index (χ2v) is 7.17. The molecule has 0 atom stereocenters. The molecule has 2 aromatic rings. The maximum absolute atomic E-state index is 12.3. The van der Waals surface area contributed by atoms with Crippen LogP contribution in [0.15, 0.2) is 29.4 Å². The highest BCUT2D eigenvalue weighted by molar-refractivity contribution is 7.99. The lowest BCUT2D eigenvalue weighted by atomic mass is 10.1. The van der Waals surface area contributed by atoms with Crippen molar-refractivity contribution in [3.63, 3.8) is 0 Å². The van der Waals surface area contributed by atoms with Gasteiger partial charge in [0.15, 0.2) is 11.0 Å². The standard InChI is InChI=1S/C17H21ClN4OS/c1-2-22-16(13-7-6-8-14(18)11-13)19-20-17(22)24-12-15(23)21-9-4-3-5-10-21/h6-8,11H,2-5,9-10,12H2,1H3. The number of thioether (sulfide) groups is 1. The molecule has 1 saturated heterocycles. The predicted molar refractivity (Wildman–Crippen MR) is 97.3 cm³/mol. The van der Waals surface area contributed by atoms with Gasteiger partial charge in [0.1, 0.15) is 0 Å². The van der Waals surface area contributed by atoms with E-state index in [0.29, 0.717) is 10.8 Å². The van der Waals surface area contributed by atoms with Crippen LogP contribution < -0.4 is 0 Å². The molecule has 1 aliphatic rings. The maximum Gasteiger partial charge on any atom is 0.233 e. The summed E-state index contributed by atoms with van der Waals surface area (Å²) >= 11 is 7.53. The molecule has 0 N–H and O–H groups in total. The van der Waals surface area contributed by atoms with E-state index < -0.39 is 0 Å². The topological polar surface area (TPSA) is 51.0 Å². The van der Waals surface area contributed by atoms with Gasteiger partial charge in [-0.3, -0.25) is 4.79 Å². The van der Waals surface area contributed by atoms with Crippen LogP contribution in [0.3, 0.4) is 0 Å². The molecular weight excluding hydrogens is 344 g/mol. The molecule has 0 unspecified atom stereocenters. The van der Waals surface area contributed by atoms with Gasteiger partial charge < -0.3 is 9.47 Å². The van der Waals surface area contributed by atoms with Gasteiger partial charge in [0.05, 0.1) is 5.75 Å². The van der Waals surface area contributed by atoms with E-state index in [-0.39, 0.29) is 5.91 Å². The van der Waals surface area contributed by atoms with E-state index in [9.17, 15) is 4.79 Å². The Morgan fingerprint density at radius 2 is 2.04 bits per heavy atom. The van der Waals surface area contributed by atoms with Crippen molar-refractivity contribution in [3.8, 4) is 11.4 Å². The minimum absolute atomic E-state index is 0.189. The average Bonchev–Trinajstić information content (AvgIpc) is 3.03. The number of nitrogens with zero attached hydrogens (tertiary/aromatic N) is 4. The molecule has 3 rings (SSSR count). The molecule has 0 radical (unpaired) electrons. The summed E-state index contributed by atoms with van der Waals surface area (Å²) in [6.07, 6.45) is 3.45. The maximum atomic E-state index is 12.3. The van der Waals surface area contributed by atoms with Gasteiger partial charge in [-0.15, -0.1) is 10.2 Å². The summed E-state index contributed by atoms with van der Waals surface area (Å²) in [4.78, 5) is 14.3. The molecule has 0 bridgehead atoms. The second-order valence-electron chi connectivity index (χ2n) is 5.79. The molecule has 1 aromatic carbocycles. The first-order valence-corrected chi connectivity index (χ1v) is 9.65. The SMILES string of the molecule is CCn1c(SCC(=O)N2CCCCC2)nnc1-c1cccc(Cl)c1. The number of carbonyl (C=O) groups excluding carboxylic acids is 1. The first-order valence-electron chi connectivity index (χ1n) is 8.28. The molecule has 1 amide bonds. The molecule has 1 aliphatic heterocycles. The van der Waals surface area contributed by atoms with Gasteiger partial charge in [-0.05, 0) is 38.3 Å². The van der Waals surface area contributed by atoms with Crippen LogP contribution in [0.5, 0.6) is 0 Å². The Morgan fingerprint density at radius 3 is 2.75 bits per heavy atom. The first kappa shape index (κ1) is 17.3. The summed E-state index contributed by atoms with van der Waals surface area (Å²) in [5.41, 5.74) is 0.936. The van der Waals surface area contributed by atoms with E-state index >= 15 is 0 Å². The molecule has 0 spiro atoms. The summed E-state index contributed by atoms with van der Waals surface area (Å²) in [6.45, 7) is 4.56. The van der Waals surface area contributed by atoms with Gasteiger partial charge in [-0.25, -0.2) is 0 Å². The fourth-order valence-corrected chi connectivity index (χ4v) is 3.98. The third kappa shape index (κ3) is 3.92. The number of amides is 1. The summed E-state index contributed by atoms with van der Waals surface area (Å²) in [6, 6.07) is 7.59. The molecule has 1 fully saturated rings. The lowest BCUT2D eigenvalue weighted by Gasteiger charge is -2.26. The van der Waals surface area contributed by atoms with Crippen molar-refractivity contribution in [3.05, 3.63) is 29.3 Å². The number of benzene rings is 1. The van der Waals surface area contributed by atoms with Crippen molar-refractivity contribution in [2.75, 3.05) is 18.8 Å². The smallest absolute Gasteiger partial charge is 0.233 e. The van der Waals surface area contributed by atoms with Crippen LogP contribution in [0.2, 0.25) is 5.02 Å². The van der Waals surface area contributed by atoms with Gasteiger partial charge >= 0.3 is 0 Å². The van der Waals surface area contributed by atoms with Gasteiger partial charge in [0.25, 0.3) is 0 Å². The third-order valence-corrected chi connectivity index (χ3v) is 5.34. The van der Waals surface area contributed by atoms with Gasteiger partial charge in [-0.1, -0.05) is 35.5 Å². The molecule has 24 heavy (non-hydrogen) atoms. The number of piperidine rings is 1. The number of aromatic nitrogens is 3. The summed E-state index contributed by atoms with van der Waals surface area (Å²) < 4.78 is 2.03. The van der Waals surface area contributed by atoms with Crippen molar-refractivity contribution >= 4 is 29.3 Å². The van der Waals surface area contributed by atoms with Crippen LogP contribution in [0, 0.1) is 0 Å². The number of halogens is 1. The lowest BCUT2D eigenvalue weighted by molar-refractivity contribution is -0.129. The number of hydrogen-bond donors (Lipinski definition) is 0. The second kappa shape index (κ2) is 8.03. The average molecular weight is 365 g/mol. The highest BCUT2D eigenvalue weighted by Crippen LogP contribution is 2.26. The summed E-state index contributed by atoms with van der Waals surface area (Å²) in [7, 11) is 0. The Labute approximate surface area is 151 Å². The van der Waals surface area contributed by atoms with Gasteiger partial charge in [0, 0.05) is 30.2 Å². The van der Waals surface area contributed by atoms with Gasteiger partial charge in [-0.2, -0.15) is 0 Å². The molecule has 7 heteroatoms. The Balaban J connectivity index is 1.71. The molecule has 2 heterocycles. The van der Waals surface area contributed by atoms with Crippen LogP contribution in [0.4, 0.5) is 0 Å². The highest BCUT2D eigenvalue weighted by Gasteiger charge is 2.19. The minimum atomic E-state index is 0.189. The minimum Gasteiger partial charge on any atom is -0.342 e. The molecule has 0 saturated carbocycles. The first-order chi connectivity index (χ1) is 11.7. The predicted octanol–water partition coefficient (Wildman–Crippen LogP) is 3.72. The number of rotatable bonds is 5. The normalized spacial score (nSPS) is 14.8. The van der Waals surface area contributed by atoms with Crippen molar-refractivity contribution in [1.29, 1.82) is 0 Å². The third-order valence-electron chi connectivity index (χ3n) is 4.15. The van der Waals surface area contributed by atoms with Crippen LogP contribution in [0.25, 0.3) is 11.4 Å². The van der Waals surface area contributed by atoms with Crippen LogP contribution in [-0.2, 0) is 11.3 Å². The van der Waals surface area contributed by atoms with E-state index in [4.69, 9.17) is 11.6 Å². The molecular formula is C17H21ClN4OS. The van der Waals surface area contributed by atoms with Crippen LogP contribution >= 0.6 is 23.4 Å². The van der Waals surface area contributed by atoms with Gasteiger partial charge in [0.2, 0.25) is 5.91 Å². The summed E-state index contributed by atoms with van der Waals surface area (Å²) in [5.74, 6) is 1.39. The summed E-state index contributed by atoms with van der Waals surface area (Å²) in [5, 5.41) is 10.0. The Bertz CT molecular complexity index is 712. The van der Waals surface area contributed by atoms with E-state index in [0.717, 1.165) is 49.0 Å². The van der Waals surface area contributed by atoms with Crippen molar-refractivity contribution in [2.24, 2.45) is 0 Å². The highest BCUT2D eigenvalue weighted by atomic mass is 35.5. The van der Waals surface area contributed by atoms with E-state index in [1.165, 1.54) is 18.2 Å². The number of likely N-dealkylation sites (tertiary alicyclic amines) is 1. The molecule has 1 aromatic heterocycles. The quantitative estimate of drug-likeness (QED) is 0.758. The van der Waals surface area contributed by atoms with Crippen LogP contribution in [0.1, 0.15) is 26.2 Å². The zero-order valence-electron chi connectivity index (χ0n) is 13.7. The van der Waals surface area contributed by atoms with E-state index in [2.05, 4.69) is 10.2 Å². The Hall–Kier alpha value is -1.53. The zero-order valence-corrected chi connectivity index (χ0v) is 15.3. The lowest BCUT2D eigenvalue weighted by Crippen LogP contribution is -2.36. The zero-order chi connectivity index (χ0) is 16.9. The molecule has 128 valence electrons. The number of hydrogen-bond acceptors (Lipinski definition) is 4. The Kier molecular flexibility index (Phi) is 5.79. The molecule has 5 nitrogen and oxygen atoms in total.